The monoisotopic (exact) mass is 391 g/mol. The molecule has 1 unspecified atom stereocenters. The first-order valence-corrected chi connectivity index (χ1v) is 7.81. The molecule has 0 saturated heterocycles. The molecule has 1 aliphatic heterocycles. The molecular weight excluding hydrogens is 373 g/mol. The summed E-state index contributed by atoms with van der Waals surface area (Å²) in [5.74, 6) is 1.31. The Kier molecular flexibility index (Phi) is 7.28. The molecule has 6 nitrogen and oxygen atoms in total. The standard InChI is InChI=1S/C15H17N3O3S.2ClH/c1-9(6-16)18(2)15(19)11-7-22-14(17-11)10-3-4-12-13(5-10)21-8-20-12;;/h3-5,7,9H,6,8,16H2,1-2H3;2*1H. The topological polar surface area (TPSA) is 77.7 Å². The van der Waals surface area contributed by atoms with Gasteiger partial charge in [-0.1, -0.05) is 0 Å². The van der Waals surface area contributed by atoms with Crippen molar-refractivity contribution >= 4 is 42.1 Å². The second-order valence-electron chi connectivity index (χ2n) is 5.11. The molecule has 0 radical (unpaired) electrons. The van der Waals surface area contributed by atoms with E-state index in [1.807, 2.05) is 25.1 Å². The van der Waals surface area contributed by atoms with Gasteiger partial charge in [0.15, 0.2) is 11.5 Å². The third-order valence-corrected chi connectivity index (χ3v) is 4.56. The van der Waals surface area contributed by atoms with Gasteiger partial charge in [-0.05, 0) is 25.1 Å². The number of rotatable bonds is 4. The Morgan fingerprint density at radius 1 is 1.38 bits per heavy atom. The van der Waals surface area contributed by atoms with E-state index in [9.17, 15) is 4.79 Å². The van der Waals surface area contributed by atoms with E-state index in [-0.39, 0.29) is 43.6 Å². The van der Waals surface area contributed by atoms with Crippen LogP contribution in [0.1, 0.15) is 17.4 Å². The maximum absolute atomic E-state index is 12.3. The Bertz CT molecular complexity index is 711. The van der Waals surface area contributed by atoms with Crippen LogP contribution in [-0.4, -0.2) is 42.2 Å². The summed E-state index contributed by atoms with van der Waals surface area (Å²) < 4.78 is 10.7. The molecule has 24 heavy (non-hydrogen) atoms. The number of amides is 1. The van der Waals surface area contributed by atoms with E-state index in [1.54, 1.807) is 17.3 Å². The number of carbonyl (C=O) groups is 1. The molecule has 0 bridgehead atoms. The lowest BCUT2D eigenvalue weighted by molar-refractivity contribution is 0.0743. The van der Waals surface area contributed by atoms with Gasteiger partial charge in [-0.3, -0.25) is 4.79 Å². The molecule has 132 valence electrons. The van der Waals surface area contributed by atoms with Crippen LogP contribution in [0.3, 0.4) is 0 Å². The fourth-order valence-electron chi connectivity index (χ4n) is 2.07. The fraction of sp³-hybridized carbons (Fsp3) is 0.333. The second-order valence-corrected chi connectivity index (χ2v) is 5.96. The Labute approximate surface area is 156 Å². The highest BCUT2D eigenvalue weighted by atomic mass is 35.5. The summed E-state index contributed by atoms with van der Waals surface area (Å²) in [7, 11) is 1.74. The van der Waals surface area contributed by atoms with E-state index < -0.39 is 0 Å². The van der Waals surface area contributed by atoms with Crippen molar-refractivity contribution in [1.82, 2.24) is 9.88 Å². The molecule has 9 heteroatoms. The minimum Gasteiger partial charge on any atom is -0.454 e. The van der Waals surface area contributed by atoms with Gasteiger partial charge >= 0.3 is 0 Å². The number of benzene rings is 1. The number of carbonyl (C=O) groups excluding carboxylic acids is 1. The van der Waals surface area contributed by atoms with Gasteiger partial charge in [0.25, 0.3) is 5.91 Å². The molecule has 0 spiro atoms. The number of hydrogen-bond donors (Lipinski definition) is 1. The van der Waals surface area contributed by atoms with Crippen LogP contribution >= 0.6 is 36.2 Å². The predicted molar refractivity (Wildman–Crippen MR) is 98.8 cm³/mol. The number of nitrogens with zero attached hydrogens (tertiary/aromatic N) is 2. The second kappa shape index (κ2) is 8.53. The summed E-state index contributed by atoms with van der Waals surface area (Å²) in [6, 6.07) is 5.61. The highest BCUT2D eigenvalue weighted by Gasteiger charge is 2.20. The summed E-state index contributed by atoms with van der Waals surface area (Å²) in [6.45, 7) is 2.56. The van der Waals surface area contributed by atoms with Gasteiger partial charge in [-0.25, -0.2) is 4.98 Å². The summed E-state index contributed by atoms with van der Waals surface area (Å²) >= 11 is 1.43. The number of likely N-dealkylation sites (N-methyl/N-ethyl adjacent to an activating group) is 1. The van der Waals surface area contributed by atoms with E-state index in [4.69, 9.17) is 15.2 Å². The Morgan fingerprint density at radius 2 is 2.08 bits per heavy atom. The van der Waals surface area contributed by atoms with Crippen molar-refractivity contribution in [3.8, 4) is 22.1 Å². The van der Waals surface area contributed by atoms with Gasteiger partial charge < -0.3 is 20.1 Å². The first kappa shape index (κ1) is 20.5. The zero-order valence-corrected chi connectivity index (χ0v) is 15.7. The Hall–Kier alpha value is -1.54. The molecule has 1 aliphatic rings. The van der Waals surface area contributed by atoms with Crippen molar-refractivity contribution in [3.05, 3.63) is 29.3 Å². The highest BCUT2D eigenvalue weighted by molar-refractivity contribution is 7.13. The Morgan fingerprint density at radius 3 is 2.79 bits per heavy atom. The number of nitrogens with two attached hydrogens (primary N) is 1. The predicted octanol–water partition coefficient (Wildman–Crippen LogP) is 2.80. The lowest BCUT2D eigenvalue weighted by Crippen LogP contribution is -2.39. The largest absolute Gasteiger partial charge is 0.454 e. The van der Waals surface area contributed by atoms with Crippen LogP contribution in [-0.2, 0) is 0 Å². The van der Waals surface area contributed by atoms with Gasteiger partial charge in [0.2, 0.25) is 6.79 Å². The third-order valence-electron chi connectivity index (χ3n) is 3.67. The maximum atomic E-state index is 12.3. The van der Waals surface area contributed by atoms with Crippen LogP contribution in [0, 0.1) is 0 Å². The Balaban J connectivity index is 0.00000144. The van der Waals surface area contributed by atoms with E-state index in [0.29, 0.717) is 18.0 Å². The molecule has 1 amide bonds. The molecule has 2 heterocycles. The molecule has 2 aromatic rings. The number of fused-ring (bicyclic) bond motifs is 1. The molecule has 1 aromatic carbocycles. The minimum atomic E-state index is -0.124. The quantitative estimate of drug-likeness (QED) is 0.866. The van der Waals surface area contributed by atoms with Crippen molar-refractivity contribution in [1.29, 1.82) is 0 Å². The lowest BCUT2D eigenvalue weighted by Gasteiger charge is -2.22. The van der Waals surface area contributed by atoms with Crippen LogP contribution in [0.25, 0.3) is 10.6 Å². The number of aromatic nitrogens is 1. The summed E-state index contributed by atoms with van der Waals surface area (Å²) in [6.07, 6.45) is 0. The number of hydrogen-bond acceptors (Lipinski definition) is 6. The SMILES string of the molecule is CC(CN)N(C)C(=O)c1csc(-c2ccc3c(c2)OCO3)n1.Cl.Cl. The third kappa shape index (κ3) is 3.92. The van der Waals surface area contributed by atoms with Crippen molar-refractivity contribution in [2.24, 2.45) is 5.73 Å². The smallest absolute Gasteiger partial charge is 0.273 e. The van der Waals surface area contributed by atoms with Crippen molar-refractivity contribution in [3.63, 3.8) is 0 Å². The van der Waals surface area contributed by atoms with Crippen LogP contribution in [0.5, 0.6) is 11.5 Å². The van der Waals surface area contributed by atoms with Crippen LogP contribution in [0.4, 0.5) is 0 Å². The van der Waals surface area contributed by atoms with E-state index in [1.165, 1.54) is 11.3 Å². The number of halogens is 2. The molecule has 0 aliphatic carbocycles. The van der Waals surface area contributed by atoms with Crippen molar-refractivity contribution in [2.75, 3.05) is 20.4 Å². The molecule has 3 rings (SSSR count). The average Bonchev–Trinajstić information content (AvgIpc) is 3.20. The zero-order chi connectivity index (χ0) is 15.7. The van der Waals surface area contributed by atoms with E-state index in [2.05, 4.69) is 4.98 Å². The van der Waals surface area contributed by atoms with Gasteiger partial charge in [0.05, 0.1) is 0 Å². The fourth-order valence-corrected chi connectivity index (χ4v) is 2.86. The van der Waals surface area contributed by atoms with Crippen LogP contribution in [0.15, 0.2) is 23.6 Å². The van der Waals surface area contributed by atoms with E-state index >= 15 is 0 Å². The van der Waals surface area contributed by atoms with Gasteiger partial charge in [-0.15, -0.1) is 36.2 Å². The first-order chi connectivity index (χ1) is 10.6. The molecule has 0 saturated carbocycles. The summed E-state index contributed by atoms with van der Waals surface area (Å²) in [4.78, 5) is 18.4. The van der Waals surface area contributed by atoms with Crippen molar-refractivity contribution < 1.29 is 14.3 Å². The maximum Gasteiger partial charge on any atom is 0.273 e. The molecule has 1 aromatic heterocycles. The highest BCUT2D eigenvalue weighted by Crippen LogP contribution is 2.36. The molecule has 0 fully saturated rings. The van der Waals surface area contributed by atoms with Crippen LogP contribution in [0.2, 0.25) is 0 Å². The van der Waals surface area contributed by atoms with E-state index in [0.717, 1.165) is 16.3 Å². The summed E-state index contributed by atoms with van der Waals surface area (Å²) in [5, 5.41) is 2.54. The average molecular weight is 392 g/mol. The van der Waals surface area contributed by atoms with Gasteiger partial charge in [-0.2, -0.15) is 0 Å². The van der Waals surface area contributed by atoms with Crippen LogP contribution < -0.4 is 15.2 Å². The molecule has 2 N–H and O–H groups in total. The van der Waals surface area contributed by atoms with Gasteiger partial charge in [0.1, 0.15) is 10.7 Å². The first-order valence-electron chi connectivity index (χ1n) is 6.93. The zero-order valence-electron chi connectivity index (χ0n) is 13.2. The molecular formula is C15H19Cl2N3O3S. The minimum absolute atomic E-state index is 0. The molecule has 1 atom stereocenters. The normalized spacial score (nSPS) is 12.8. The lowest BCUT2D eigenvalue weighted by atomic mass is 10.2. The number of ether oxygens (including phenoxy) is 2. The van der Waals surface area contributed by atoms with Crippen molar-refractivity contribution in [2.45, 2.75) is 13.0 Å². The summed E-state index contributed by atoms with van der Waals surface area (Å²) in [5.41, 5.74) is 6.94. The number of thiazole rings is 1. The van der Waals surface area contributed by atoms with Gasteiger partial charge in [0, 0.05) is 30.6 Å².